The van der Waals surface area contributed by atoms with Crippen molar-refractivity contribution in [3.63, 3.8) is 0 Å². The topological polar surface area (TPSA) is 53.4 Å². The standard InChI is InChI=1S/C15H16N2O2S/c1-2-17(11-13-6-4-10-20-13)15-12(5-3-9-16-15)7-8-14(18)19/h3-10H,2,11H2,1H3,(H,18,19)/b8-7+. The molecule has 4 nitrogen and oxygen atoms in total. The van der Waals surface area contributed by atoms with Gasteiger partial charge in [-0.2, -0.15) is 0 Å². The Bertz CT molecular complexity index is 594. The summed E-state index contributed by atoms with van der Waals surface area (Å²) in [6.07, 6.45) is 4.45. The average Bonchev–Trinajstić information content (AvgIpc) is 2.96. The zero-order valence-electron chi connectivity index (χ0n) is 11.2. The fourth-order valence-electron chi connectivity index (χ4n) is 1.89. The fraction of sp³-hybridized carbons (Fsp3) is 0.200. The smallest absolute Gasteiger partial charge is 0.328 e. The van der Waals surface area contributed by atoms with E-state index in [9.17, 15) is 4.79 Å². The highest BCUT2D eigenvalue weighted by Gasteiger charge is 2.10. The summed E-state index contributed by atoms with van der Waals surface area (Å²) in [7, 11) is 0. The fourth-order valence-corrected chi connectivity index (χ4v) is 2.61. The first-order valence-corrected chi connectivity index (χ1v) is 7.22. The van der Waals surface area contributed by atoms with Crippen molar-refractivity contribution >= 4 is 29.2 Å². The number of hydrogen-bond acceptors (Lipinski definition) is 4. The minimum absolute atomic E-state index is 0.777. The second kappa shape index (κ2) is 6.86. The predicted octanol–water partition coefficient (Wildman–Crippen LogP) is 3.27. The van der Waals surface area contributed by atoms with Gasteiger partial charge in [-0.1, -0.05) is 6.07 Å². The van der Waals surface area contributed by atoms with Crippen molar-refractivity contribution in [3.05, 3.63) is 52.4 Å². The molecule has 0 fully saturated rings. The molecule has 5 heteroatoms. The maximum Gasteiger partial charge on any atom is 0.328 e. The first-order chi connectivity index (χ1) is 9.70. The third-order valence-corrected chi connectivity index (χ3v) is 3.69. The molecule has 104 valence electrons. The number of thiophene rings is 1. The number of pyridine rings is 1. The number of anilines is 1. The van der Waals surface area contributed by atoms with E-state index < -0.39 is 5.97 Å². The first-order valence-electron chi connectivity index (χ1n) is 6.34. The highest BCUT2D eigenvalue weighted by atomic mass is 32.1. The van der Waals surface area contributed by atoms with Crippen LogP contribution in [0.3, 0.4) is 0 Å². The van der Waals surface area contributed by atoms with Gasteiger partial charge in [0.1, 0.15) is 5.82 Å². The van der Waals surface area contributed by atoms with E-state index >= 15 is 0 Å². The molecule has 0 aliphatic heterocycles. The quantitative estimate of drug-likeness (QED) is 0.829. The maximum atomic E-state index is 10.7. The van der Waals surface area contributed by atoms with Crippen molar-refractivity contribution in [2.75, 3.05) is 11.4 Å². The first kappa shape index (κ1) is 14.3. The summed E-state index contributed by atoms with van der Waals surface area (Å²) in [6, 6.07) is 7.80. The van der Waals surface area contributed by atoms with Gasteiger partial charge in [-0.05, 0) is 36.6 Å². The number of carboxylic acids is 1. The molecule has 0 bridgehead atoms. The summed E-state index contributed by atoms with van der Waals surface area (Å²) in [5.74, 6) is -0.151. The van der Waals surface area contributed by atoms with Gasteiger partial charge in [-0.3, -0.25) is 0 Å². The van der Waals surface area contributed by atoms with E-state index in [1.165, 1.54) is 4.88 Å². The number of hydrogen-bond donors (Lipinski definition) is 1. The van der Waals surface area contributed by atoms with Crippen LogP contribution in [0.25, 0.3) is 6.08 Å². The molecule has 2 aromatic heterocycles. The molecule has 0 radical (unpaired) electrons. The molecule has 2 aromatic rings. The Morgan fingerprint density at radius 3 is 2.95 bits per heavy atom. The SMILES string of the molecule is CCN(Cc1cccs1)c1ncccc1/C=C/C(=O)O. The number of aromatic nitrogens is 1. The van der Waals surface area contributed by atoms with Crippen LogP contribution in [0.1, 0.15) is 17.4 Å². The zero-order chi connectivity index (χ0) is 14.4. The van der Waals surface area contributed by atoms with Gasteiger partial charge >= 0.3 is 5.97 Å². The molecule has 0 aliphatic carbocycles. The third-order valence-electron chi connectivity index (χ3n) is 2.83. The van der Waals surface area contributed by atoms with E-state index in [1.54, 1.807) is 23.6 Å². The molecule has 0 aromatic carbocycles. The second-order valence-corrected chi connectivity index (χ2v) is 5.21. The lowest BCUT2D eigenvalue weighted by Gasteiger charge is -2.22. The molecule has 1 N–H and O–H groups in total. The Balaban J connectivity index is 2.27. The number of rotatable bonds is 6. The molecule has 0 spiro atoms. The molecule has 2 heterocycles. The normalized spacial score (nSPS) is 10.8. The summed E-state index contributed by atoms with van der Waals surface area (Å²) in [5.41, 5.74) is 0.813. The Hall–Kier alpha value is -2.14. The van der Waals surface area contributed by atoms with Gasteiger partial charge in [-0.15, -0.1) is 11.3 Å². The van der Waals surface area contributed by atoms with Gasteiger partial charge in [0, 0.05) is 29.3 Å². The zero-order valence-corrected chi connectivity index (χ0v) is 12.0. The van der Waals surface area contributed by atoms with Crippen molar-refractivity contribution in [2.24, 2.45) is 0 Å². The van der Waals surface area contributed by atoms with Gasteiger partial charge < -0.3 is 10.0 Å². The van der Waals surface area contributed by atoms with Crippen LogP contribution in [0, 0.1) is 0 Å². The van der Waals surface area contributed by atoms with Gasteiger partial charge in [-0.25, -0.2) is 9.78 Å². The molecule has 0 saturated heterocycles. The molecule has 0 amide bonds. The number of carbonyl (C=O) groups is 1. The summed E-state index contributed by atoms with van der Waals surface area (Å²) >= 11 is 1.70. The Kier molecular flexibility index (Phi) is 4.90. The molecule has 20 heavy (non-hydrogen) atoms. The van der Waals surface area contributed by atoms with Gasteiger partial charge in [0.05, 0.1) is 6.54 Å². The minimum Gasteiger partial charge on any atom is -0.478 e. The number of carboxylic acid groups (broad SMARTS) is 1. The summed E-state index contributed by atoms with van der Waals surface area (Å²) < 4.78 is 0. The minimum atomic E-state index is -0.957. The molecular formula is C15H16N2O2S. The highest BCUT2D eigenvalue weighted by molar-refractivity contribution is 7.09. The van der Waals surface area contributed by atoms with Crippen molar-refractivity contribution in [2.45, 2.75) is 13.5 Å². The molecule has 0 saturated carbocycles. The molecular weight excluding hydrogens is 272 g/mol. The van der Waals surface area contributed by atoms with Crippen LogP contribution in [-0.2, 0) is 11.3 Å². The van der Waals surface area contributed by atoms with Crippen molar-refractivity contribution in [1.82, 2.24) is 4.98 Å². The van der Waals surface area contributed by atoms with E-state index in [1.807, 2.05) is 23.6 Å². The monoisotopic (exact) mass is 288 g/mol. The van der Waals surface area contributed by atoms with E-state index in [2.05, 4.69) is 22.9 Å². The van der Waals surface area contributed by atoms with Crippen molar-refractivity contribution in [1.29, 1.82) is 0 Å². The van der Waals surface area contributed by atoms with E-state index in [4.69, 9.17) is 5.11 Å². The average molecular weight is 288 g/mol. The lowest BCUT2D eigenvalue weighted by molar-refractivity contribution is -0.131. The second-order valence-electron chi connectivity index (χ2n) is 4.18. The largest absolute Gasteiger partial charge is 0.478 e. The van der Waals surface area contributed by atoms with Crippen molar-refractivity contribution < 1.29 is 9.90 Å². The van der Waals surface area contributed by atoms with Crippen molar-refractivity contribution in [3.8, 4) is 0 Å². The molecule has 2 rings (SSSR count). The van der Waals surface area contributed by atoms with Gasteiger partial charge in [0.25, 0.3) is 0 Å². The lowest BCUT2D eigenvalue weighted by Crippen LogP contribution is -2.23. The van der Waals surface area contributed by atoms with E-state index in [0.717, 1.165) is 30.5 Å². The Labute approximate surface area is 122 Å². The van der Waals surface area contributed by atoms with Gasteiger partial charge in [0.2, 0.25) is 0 Å². The number of nitrogens with zero attached hydrogens (tertiary/aromatic N) is 2. The van der Waals surface area contributed by atoms with Crippen LogP contribution in [0.4, 0.5) is 5.82 Å². The Morgan fingerprint density at radius 2 is 2.30 bits per heavy atom. The lowest BCUT2D eigenvalue weighted by atomic mass is 10.2. The molecule has 0 atom stereocenters. The van der Waals surface area contributed by atoms with Crippen LogP contribution in [0.5, 0.6) is 0 Å². The molecule has 0 unspecified atom stereocenters. The summed E-state index contributed by atoms with van der Waals surface area (Å²) in [6.45, 7) is 3.65. The van der Waals surface area contributed by atoms with Crippen LogP contribution in [0.2, 0.25) is 0 Å². The summed E-state index contributed by atoms with van der Waals surface area (Å²) in [5, 5.41) is 10.8. The van der Waals surface area contributed by atoms with Gasteiger partial charge in [0.15, 0.2) is 0 Å². The predicted molar refractivity (Wildman–Crippen MR) is 81.9 cm³/mol. The molecule has 0 aliphatic rings. The Morgan fingerprint density at radius 1 is 1.45 bits per heavy atom. The van der Waals surface area contributed by atoms with E-state index in [-0.39, 0.29) is 0 Å². The highest BCUT2D eigenvalue weighted by Crippen LogP contribution is 2.22. The maximum absolute atomic E-state index is 10.7. The van der Waals surface area contributed by atoms with Crippen LogP contribution >= 0.6 is 11.3 Å². The van der Waals surface area contributed by atoms with Crippen LogP contribution in [-0.4, -0.2) is 22.6 Å². The van der Waals surface area contributed by atoms with Crippen LogP contribution < -0.4 is 4.90 Å². The third kappa shape index (κ3) is 3.68. The summed E-state index contributed by atoms with van der Waals surface area (Å²) in [4.78, 5) is 18.4. The van der Waals surface area contributed by atoms with E-state index in [0.29, 0.717) is 0 Å². The van der Waals surface area contributed by atoms with Crippen LogP contribution in [0.15, 0.2) is 41.9 Å². The number of aliphatic carboxylic acids is 1.